The largest absolute Gasteiger partial charge is 0.312 e. The number of halogens is 2. The Balaban J connectivity index is 2.17. The molecule has 0 bridgehead atoms. The van der Waals surface area contributed by atoms with E-state index in [1.807, 2.05) is 12.1 Å². The molecule has 0 unspecified atom stereocenters. The average Bonchev–Trinajstić information content (AvgIpc) is 2.75. The maximum Gasteiger partial charge on any atom is 0.209 e. The lowest BCUT2D eigenvalue weighted by Gasteiger charge is -2.26. The van der Waals surface area contributed by atoms with Crippen LogP contribution < -0.4 is 0 Å². The van der Waals surface area contributed by atoms with Crippen molar-refractivity contribution in [2.75, 3.05) is 0 Å². The predicted molar refractivity (Wildman–Crippen MR) is 114 cm³/mol. The van der Waals surface area contributed by atoms with E-state index in [-0.39, 0.29) is 17.1 Å². The van der Waals surface area contributed by atoms with E-state index < -0.39 is 0 Å². The Bertz CT molecular complexity index is 1130. The molecule has 0 saturated heterocycles. The maximum atomic E-state index is 13.3. The van der Waals surface area contributed by atoms with Crippen LogP contribution in [0.2, 0.25) is 10.0 Å². The van der Waals surface area contributed by atoms with E-state index in [4.69, 9.17) is 23.2 Å². The summed E-state index contributed by atoms with van der Waals surface area (Å²) in [4.78, 5) is 14.9. The number of hydrogen-bond acceptors (Lipinski definition) is 4. The highest BCUT2D eigenvalue weighted by Crippen LogP contribution is 2.27. The van der Waals surface area contributed by atoms with Crippen LogP contribution in [0.5, 0.6) is 0 Å². The second kappa shape index (κ2) is 9.08. The number of carbonyl (C=O) groups excluding carboxylic acids is 1. The molecule has 0 saturated carbocycles. The molecule has 1 heterocycles. The number of hydrogen-bond donors (Lipinski definition) is 0. The molecule has 0 atom stereocenters. The highest BCUT2D eigenvalue weighted by atomic mass is 35.5. The van der Waals surface area contributed by atoms with Gasteiger partial charge in [-0.2, -0.15) is 10.5 Å². The summed E-state index contributed by atoms with van der Waals surface area (Å²) in [5.41, 5.74) is 1.65. The smallest absolute Gasteiger partial charge is 0.209 e. The minimum Gasteiger partial charge on any atom is -0.312 e. The molecule has 0 amide bonds. The molecule has 0 radical (unpaired) electrons. The van der Waals surface area contributed by atoms with E-state index in [0.717, 1.165) is 5.56 Å². The quantitative estimate of drug-likeness (QED) is 0.352. The van der Waals surface area contributed by atoms with Gasteiger partial charge in [-0.3, -0.25) is 4.79 Å². The molecule has 29 heavy (non-hydrogen) atoms. The summed E-state index contributed by atoms with van der Waals surface area (Å²) in [7, 11) is 0. The van der Waals surface area contributed by atoms with Crippen molar-refractivity contribution in [1.82, 2.24) is 4.90 Å². The minimum absolute atomic E-state index is 0.100. The molecule has 1 aliphatic heterocycles. The summed E-state index contributed by atoms with van der Waals surface area (Å²) in [5, 5.41) is 19.8. The van der Waals surface area contributed by atoms with Crippen molar-refractivity contribution < 1.29 is 4.79 Å². The minimum atomic E-state index is -0.288. The molecule has 0 fully saturated rings. The zero-order chi connectivity index (χ0) is 20.8. The van der Waals surface area contributed by atoms with Crippen molar-refractivity contribution in [2.45, 2.75) is 0 Å². The first-order chi connectivity index (χ1) is 14.0. The Kier molecular flexibility index (Phi) is 6.32. The number of carbonyl (C=O) groups is 1. The van der Waals surface area contributed by atoms with E-state index in [0.29, 0.717) is 21.3 Å². The van der Waals surface area contributed by atoms with E-state index in [2.05, 4.69) is 0 Å². The molecule has 4 nitrogen and oxygen atoms in total. The van der Waals surface area contributed by atoms with Crippen LogP contribution in [-0.2, 0) is 0 Å². The monoisotopic (exact) mass is 417 g/mol. The van der Waals surface area contributed by atoms with Crippen LogP contribution in [0.4, 0.5) is 0 Å². The van der Waals surface area contributed by atoms with Crippen molar-refractivity contribution in [3.8, 4) is 12.1 Å². The van der Waals surface area contributed by atoms with Crippen LogP contribution in [0.15, 0.2) is 89.9 Å². The third-order valence-electron chi connectivity index (χ3n) is 4.11. The van der Waals surface area contributed by atoms with Crippen LogP contribution in [-0.4, -0.2) is 10.7 Å². The van der Waals surface area contributed by atoms with Crippen LogP contribution in [0, 0.1) is 22.7 Å². The number of rotatable bonds is 4. The molecule has 0 aliphatic carbocycles. The lowest BCUT2D eigenvalue weighted by Crippen LogP contribution is -2.24. The Morgan fingerprint density at radius 3 is 2.07 bits per heavy atom. The van der Waals surface area contributed by atoms with Crippen molar-refractivity contribution in [3.63, 3.8) is 0 Å². The third kappa shape index (κ3) is 4.65. The average molecular weight is 418 g/mol. The van der Waals surface area contributed by atoms with E-state index in [9.17, 15) is 15.3 Å². The van der Waals surface area contributed by atoms with Gasteiger partial charge in [0.25, 0.3) is 0 Å². The number of ketones is 1. The first-order valence-electron chi connectivity index (χ1n) is 8.49. The molecule has 2 aromatic rings. The molecular formula is C23H13Cl2N3O. The fraction of sp³-hybridized carbons (Fsp3) is 0. The van der Waals surface area contributed by atoms with Crippen LogP contribution >= 0.6 is 23.2 Å². The van der Waals surface area contributed by atoms with Crippen molar-refractivity contribution in [3.05, 3.63) is 111 Å². The molecule has 6 heteroatoms. The molecule has 0 N–H and O–H groups in total. The second-order valence-electron chi connectivity index (χ2n) is 5.97. The van der Waals surface area contributed by atoms with Gasteiger partial charge in [-0.15, -0.1) is 0 Å². The molecule has 3 rings (SSSR count). The summed E-state index contributed by atoms with van der Waals surface area (Å²) in [6.07, 6.45) is 8.36. The van der Waals surface area contributed by atoms with Gasteiger partial charge < -0.3 is 4.90 Å². The summed E-state index contributed by atoms with van der Waals surface area (Å²) in [5.74, 6) is -0.288. The van der Waals surface area contributed by atoms with E-state index in [1.165, 1.54) is 4.90 Å². The number of Topliss-reactive ketones (excluding diaryl/α,β-unsaturated/α-hetero) is 1. The van der Waals surface area contributed by atoms with Crippen molar-refractivity contribution >= 4 is 35.1 Å². The first kappa shape index (κ1) is 20.2. The summed E-state index contributed by atoms with van der Waals surface area (Å²) < 4.78 is 0. The SMILES string of the molecule is N#CC(C#N)=C1C=CC=CN1C(=Cc1ccc(Cl)cc1)C(=O)c1ccc(Cl)cc1. The number of benzene rings is 2. The highest BCUT2D eigenvalue weighted by molar-refractivity contribution is 6.31. The van der Waals surface area contributed by atoms with Gasteiger partial charge >= 0.3 is 0 Å². The molecule has 140 valence electrons. The van der Waals surface area contributed by atoms with Gasteiger partial charge in [-0.25, -0.2) is 0 Å². The summed E-state index contributed by atoms with van der Waals surface area (Å²) >= 11 is 11.9. The standard InChI is InChI=1S/C23H13Cl2N3O/c24-19-8-4-16(5-9-19)13-22(23(29)17-6-10-20(25)11-7-17)28-12-2-1-3-21(28)18(14-26)15-27/h1-13H. The Labute approximate surface area is 178 Å². The predicted octanol–water partition coefficient (Wildman–Crippen LogP) is 5.90. The van der Waals surface area contributed by atoms with Crippen LogP contribution in [0.1, 0.15) is 15.9 Å². The van der Waals surface area contributed by atoms with Gasteiger partial charge in [-0.05, 0) is 60.2 Å². The van der Waals surface area contributed by atoms with Crippen LogP contribution in [0.25, 0.3) is 6.08 Å². The molecule has 0 aromatic heterocycles. The van der Waals surface area contributed by atoms with Gasteiger partial charge in [0.2, 0.25) is 5.78 Å². The topological polar surface area (TPSA) is 67.9 Å². The third-order valence-corrected chi connectivity index (χ3v) is 4.62. The van der Waals surface area contributed by atoms with E-state index in [1.54, 1.807) is 79.0 Å². The van der Waals surface area contributed by atoms with Gasteiger partial charge in [0.1, 0.15) is 12.1 Å². The van der Waals surface area contributed by atoms with Gasteiger partial charge in [0.15, 0.2) is 5.57 Å². The lowest BCUT2D eigenvalue weighted by molar-refractivity contribution is 0.101. The van der Waals surface area contributed by atoms with Gasteiger partial charge in [-0.1, -0.05) is 41.4 Å². The highest BCUT2D eigenvalue weighted by Gasteiger charge is 2.23. The zero-order valence-corrected chi connectivity index (χ0v) is 16.5. The van der Waals surface area contributed by atoms with Crippen LogP contribution in [0.3, 0.4) is 0 Å². The Morgan fingerprint density at radius 1 is 0.897 bits per heavy atom. The van der Waals surface area contributed by atoms with E-state index >= 15 is 0 Å². The summed E-state index contributed by atoms with van der Waals surface area (Å²) in [6.45, 7) is 0. The van der Waals surface area contributed by atoms with Gasteiger partial charge in [0.05, 0.1) is 11.4 Å². The number of nitrogens with zero attached hydrogens (tertiary/aromatic N) is 3. The number of allylic oxidation sites excluding steroid dienone is 5. The lowest BCUT2D eigenvalue weighted by atomic mass is 10.0. The molecular weight excluding hydrogens is 405 g/mol. The summed E-state index contributed by atoms with van der Waals surface area (Å²) in [6, 6.07) is 17.3. The normalized spacial score (nSPS) is 13.0. The first-order valence-corrected chi connectivity index (χ1v) is 9.25. The molecule has 2 aromatic carbocycles. The zero-order valence-electron chi connectivity index (χ0n) is 15.0. The van der Waals surface area contributed by atoms with Crippen molar-refractivity contribution in [2.24, 2.45) is 0 Å². The molecule has 0 spiro atoms. The fourth-order valence-corrected chi connectivity index (χ4v) is 2.96. The number of nitriles is 2. The second-order valence-corrected chi connectivity index (χ2v) is 6.84. The Morgan fingerprint density at radius 2 is 1.48 bits per heavy atom. The fourth-order valence-electron chi connectivity index (χ4n) is 2.71. The van der Waals surface area contributed by atoms with Crippen molar-refractivity contribution in [1.29, 1.82) is 10.5 Å². The molecule has 1 aliphatic rings. The van der Waals surface area contributed by atoms with Gasteiger partial charge in [0, 0.05) is 21.8 Å². The Hall–Kier alpha value is -3.57. The maximum absolute atomic E-state index is 13.3.